The van der Waals surface area contributed by atoms with Crippen LogP contribution in [-0.4, -0.2) is 43.5 Å². The molecule has 148 valence electrons. The van der Waals surface area contributed by atoms with Crippen molar-refractivity contribution in [3.05, 3.63) is 53.3 Å². The van der Waals surface area contributed by atoms with Gasteiger partial charge in [-0.25, -0.2) is 4.39 Å². The minimum absolute atomic E-state index is 0.0733. The van der Waals surface area contributed by atoms with E-state index in [2.05, 4.69) is 5.32 Å². The van der Waals surface area contributed by atoms with Gasteiger partial charge in [0, 0.05) is 44.2 Å². The summed E-state index contributed by atoms with van der Waals surface area (Å²) in [6.07, 6.45) is 0.260. The van der Waals surface area contributed by atoms with E-state index >= 15 is 0 Å². The molecule has 2 aromatic rings. The third kappa shape index (κ3) is 4.58. The third-order valence-corrected chi connectivity index (χ3v) is 4.41. The number of rotatable bonds is 5. The van der Waals surface area contributed by atoms with Crippen LogP contribution in [0.3, 0.4) is 0 Å². The summed E-state index contributed by atoms with van der Waals surface area (Å²) in [6, 6.07) is 8.99. The Hall–Kier alpha value is -3.13. The first-order valence-electron chi connectivity index (χ1n) is 8.91. The van der Waals surface area contributed by atoms with Crippen molar-refractivity contribution in [3.8, 4) is 17.2 Å². The molecular formula is C20H22FN3O4. The molecule has 0 aliphatic carbocycles. The first-order chi connectivity index (χ1) is 13.5. The van der Waals surface area contributed by atoms with Crippen LogP contribution in [0.5, 0.6) is 17.2 Å². The maximum atomic E-state index is 13.8. The van der Waals surface area contributed by atoms with Gasteiger partial charge in [0.15, 0.2) is 11.5 Å². The predicted octanol–water partition coefficient (Wildman–Crippen LogP) is 2.05. The molecule has 0 unspecified atom stereocenters. The molecule has 0 radical (unpaired) electrons. The maximum Gasteiger partial charge on any atom is 0.254 e. The summed E-state index contributed by atoms with van der Waals surface area (Å²) in [4.78, 5) is 25.9. The Morgan fingerprint density at radius 2 is 2.04 bits per heavy atom. The van der Waals surface area contributed by atoms with Gasteiger partial charge in [0.05, 0.1) is 7.11 Å². The number of nitrogens with two attached hydrogens (primary N) is 1. The lowest BCUT2D eigenvalue weighted by Crippen LogP contribution is -2.34. The second-order valence-electron chi connectivity index (χ2n) is 6.36. The van der Waals surface area contributed by atoms with Gasteiger partial charge in [-0.2, -0.15) is 0 Å². The van der Waals surface area contributed by atoms with Crippen LogP contribution in [0.25, 0.3) is 0 Å². The van der Waals surface area contributed by atoms with Gasteiger partial charge in [0.2, 0.25) is 5.91 Å². The molecule has 0 saturated carbocycles. The second kappa shape index (κ2) is 8.71. The first kappa shape index (κ1) is 19.6. The minimum Gasteiger partial charge on any atom is -0.493 e. The van der Waals surface area contributed by atoms with Crippen molar-refractivity contribution in [3.63, 3.8) is 0 Å². The third-order valence-electron chi connectivity index (χ3n) is 4.41. The SMILES string of the molecule is COc1ccc(C(=O)N2CCNC(=O)CC2)cc1Oc1cc(F)cc(CN)c1. The molecule has 3 N–H and O–H groups in total. The molecule has 8 heteroatoms. The average molecular weight is 387 g/mol. The van der Waals surface area contributed by atoms with E-state index in [0.29, 0.717) is 36.5 Å². The number of ether oxygens (including phenoxy) is 2. The quantitative estimate of drug-likeness (QED) is 0.819. The normalized spacial score (nSPS) is 14.2. The van der Waals surface area contributed by atoms with Crippen molar-refractivity contribution in [2.45, 2.75) is 13.0 Å². The van der Waals surface area contributed by atoms with E-state index in [1.54, 1.807) is 29.2 Å². The van der Waals surface area contributed by atoms with Crippen LogP contribution in [0.1, 0.15) is 22.3 Å². The van der Waals surface area contributed by atoms with E-state index in [9.17, 15) is 14.0 Å². The van der Waals surface area contributed by atoms with Gasteiger partial charge < -0.3 is 25.4 Å². The van der Waals surface area contributed by atoms with E-state index < -0.39 is 5.82 Å². The van der Waals surface area contributed by atoms with E-state index in [4.69, 9.17) is 15.2 Å². The lowest BCUT2D eigenvalue weighted by Gasteiger charge is -2.20. The van der Waals surface area contributed by atoms with Gasteiger partial charge in [-0.15, -0.1) is 0 Å². The lowest BCUT2D eigenvalue weighted by molar-refractivity contribution is -0.120. The highest BCUT2D eigenvalue weighted by Crippen LogP contribution is 2.33. The van der Waals surface area contributed by atoms with Crippen molar-refractivity contribution in [1.29, 1.82) is 0 Å². The Morgan fingerprint density at radius 1 is 1.21 bits per heavy atom. The van der Waals surface area contributed by atoms with Gasteiger partial charge in [0.1, 0.15) is 11.6 Å². The number of carbonyl (C=O) groups excluding carboxylic acids is 2. The average Bonchev–Trinajstić information content (AvgIpc) is 2.91. The summed E-state index contributed by atoms with van der Waals surface area (Å²) in [5.41, 5.74) is 6.56. The first-order valence-corrected chi connectivity index (χ1v) is 8.91. The molecule has 0 aromatic heterocycles. The van der Waals surface area contributed by atoms with E-state index in [1.807, 2.05) is 0 Å². The topological polar surface area (TPSA) is 93.9 Å². The fourth-order valence-corrected chi connectivity index (χ4v) is 2.97. The molecule has 1 saturated heterocycles. The summed E-state index contributed by atoms with van der Waals surface area (Å²) in [5, 5.41) is 2.74. The molecule has 1 aliphatic rings. The maximum absolute atomic E-state index is 13.8. The van der Waals surface area contributed by atoms with Crippen molar-refractivity contribution in [2.75, 3.05) is 26.7 Å². The van der Waals surface area contributed by atoms with Crippen LogP contribution in [0.2, 0.25) is 0 Å². The second-order valence-corrected chi connectivity index (χ2v) is 6.36. The van der Waals surface area contributed by atoms with E-state index in [1.165, 1.54) is 19.2 Å². The highest BCUT2D eigenvalue weighted by molar-refractivity contribution is 5.95. The number of halogens is 1. The summed E-state index contributed by atoms with van der Waals surface area (Å²) >= 11 is 0. The Kier molecular flexibility index (Phi) is 6.10. The van der Waals surface area contributed by atoms with Gasteiger partial charge in [-0.1, -0.05) is 0 Å². The highest BCUT2D eigenvalue weighted by Gasteiger charge is 2.21. The molecule has 2 aromatic carbocycles. The van der Waals surface area contributed by atoms with Crippen LogP contribution < -0.4 is 20.5 Å². The smallest absolute Gasteiger partial charge is 0.254 e. The van der Waals surface area contributed by atoms with Crippen molar-refractivity contribution < 1.29 is 23.5 Å². The number of methoxy groups -OCH3 is 1. The number of benzene rings is 2. The summed E-state index contributed by atoms with van der Waals surface area (Å²) < 4.78 is 24.8. The van der Waals surface area contributed by atoms with E-state index in [-0.39, 0.29) is 36.3 Å². The molecule has 1 heterocycles. The lowest BCUT2D eigenvalue weighted by atomic mass is 10.1. The van der Waals surface area contributed by atoms with Crippen molar-refractivity contribution >= 4 is 11.8 Å². The number of nitrogens with zero attached hydrogens (tertiary/aromatic N) is 1. The molecule has 0 atom stereocenters. The molecule has 1 aliphatic heterocycles. The molecular weight excluding hydrogens is 365 g/mol. The Balaban J connectivity index is 1.86. The fraction of sp³-hybridized carbons (Fsp3) is 0.300. The van der Waals surface area contributed by atoms with Crippen LogP contribution in [0.15, 0.2) is 36.4 Å². The molecule has 2 amide bonds. The van der Waals surface area contributed by atoms with Crippen molar-refractivity contribution in [1.82, 2.24) is 10.2 Å². The minimum atomic E-state index is -0.467. The Labute approximate surface area is 162 Å². The summed E-state index contributed by atoms with van der Waals surface area (Å²) in [5.74, 6) is 0.189. The number of hydrogen-bond donors (Lipinski definition) is 2. The summed E-state index contributed by atoms with van der Waals surface area (Å²) in [6.45, 7) is 1.36. The highest BCUT2D eigenvalue weighted by atomic mass is 19.1. The number of carbonyl (C=O) groups is 2. The van der Waals surface area contributed by atoms with Gasteiger partial charge in [0.25, 0.3) is 5.91 Å². The van der Waals surface area contributed by atoms with Crippen LogP contribution in [0.4, 0.5) is 4.39 Å². The zero-order chi connectivity index (χ0) is 20.1. The zero-order valence-corrected chi connectivity index (χ0v) is 15.5. The fourth-order valence-electron chi connectivity index (χ4n) is 2.97. The van der Waals surface area contributed by atoms with Gasteiger partial charge in [-0.3, -0.25) is 9.59 Å². The molecule has 3 rings (SSSR count). The molecule has 1 fully saturated rings. The molecule has 7 nitrogen and oxygen atoms in total. The standard InChI is InChI=1S/C20H22FN3O4/c1-27-17-3-2-14(20(26)24-6-4-19(25)23-5-7-24)10-18(17)28-16-9-13(12-22)8-15(21)11-16/h2-3,8-11H,4-7,12,22H2,1H3,(H,23,25). The largest absolute Gasteiger partial charge is 0.493 e. The van der Waals surface area contributed by atoms with Crippen LogP contribution in [-0.2, 0) is 11.3 Å². The van der Waals surface area contributed by atoms with Gasteiger partial charge in [-0.05, 0) is 35.9 Å². The summed E-state index contributed by atoms with van der Waals surface area (Å²) in [7, 11) is 1.48. The van der Waals surface area contributed by atoms with Crippen molar-refractivity contribution in [2.24, 2.45) is 5.73 Å². The zero-order valence-electron chi connectivity index (χ0n) is 15.5. The van der Waals surface area contributed by atoms with E-state index in [0.717, 1.165) is 0 Å². The Bertz CT molecular complexity index is 888. The van der Waals surface area contributed by atoms with Crippen LogP contribution >= 0.6 is 0 Å². The predicted molar refractivity (Wildman–Crippen MR) is 101 cm³/mol. The Morgan fingerprint density at radius 3 is 2.79 bits per heavy atom. The van der Waals surface area contributed by atoms with Gasteiger partial charge >= 0.3 is 0 Å². The number of hydrogen-bond acceptors (Lipinski definition) is 5. The van der Waals surface area contributed by atoms with Crippen LogP contribution in [0, 0.1) is 5.82 Å². The monoisotopic (exact) mass is 387 g/mol. The molecule has 0 bridgehead atoms. The number of nitrogens with one attached hydrogen (secondary N) is 1. The number of amides is 2. The molecule has 0 spiro atoms. The molecule has 28 heavy (non-hydrogen) atoms.